The van der Waals surface area contributed by atoms with Gasteiger partial charge in [0.1, 0.15) is 6.10 Å². The summed E-state index contributed by atoms with van der Waals surface area (Å²) in [7, 11) is 0. The lowest BCUT2D eigenvalue weighted by molar-refractivity contribution is -0.140. The van der Waals surface area contributed by atoms with Crippen molar-refractivity contribution in [3.8, 4) is 0 Å². The fourth-order valence-corrected chi connectivity index (χ4v) is 3.10. The molecule has 1 spiro atoms. The van der Waals surface area contributed by atoms with Crippen molar-refractivity contribution in [2.75, 3.05) is 0 Å². The number of esters is 1. The van der Waals surface area contributed by atoms with E-state index >= 15 is 0 Å². The number of aliphatic hydroxyl groups excluding tert-OH is 1. The lowest BCUT2D eigenvalue weighted by atomic mass is 9.69. The topological polar surface area (TPSA) is 63.6 Å². The van der Waals surface area contributed by atoms with Crippen LogP contribution in [0, 0.1) is 5.41 Å². The monoisotopic (exact) mass is 304 g/mol. The molecule has 22 heavy (non-hydrogen) atoms. The standard InChI is InChI=1S/C18H24O4/c1-12(2)5-4-6-13(3)9-16-18(11-17(21)22-16)10-14(19)7-8-15(18)20/h5,7-9,14,16,19H,4,6,10-11H2,1-3H3/t14-,16-,18?/m1/s1. The van der Waals surface area contributed by atoms with Crippen molar-refractivity contribution in [1.29, 1.82) is 0 Å². The maximum atomic E-state index is 12.3. The largest absolute Gasteiger partial charge is 0.457 e. The summed E-state index contributed by atoms with van der Waals surface area (Å²) >= 11 is 0. The molecule has 0 amide bonds. The van der Waals surface area contributed by atoms with Crippen molar-refractivity contribution >= 4 is 11.8 Å². The highest BCUT2D eigenvalue weighted by molar-refractivity contribution is 6.00. The molecule has 1 fully saturated rings. The SMILES string of the molecule is CC(C)=CCCC(C)=C[C@H]1OC(=O)CC12C[C@H](O)C=CC2=O. The number of hydrogen-bond acceptors (Lipinski definition) is 4. The van der Waals surface area contributed by atoms with Crippen molar-refractivity contribution in [2.45, 2.75) is 58.7 Å². The van der Waals surface area contributed by atoms with Gasteiger partial charge in [-0.1, -0.05) is 23.3 Å². The van der Waals surface area contributed by atoms with Gasteiger partial charge in [-0.15, -0.1) is 0 Å². The summed E-state index contributed by atoms with van der Waals surface area (Å²) in [6, 6.07) is 0. The van der Waals surface area contributed by atoms with Crippen LogP contribution in [0.5, 0.6) is 0 Å². The molecule has 0 aromatic rings. The first kappa shape index (κ1) is 16.7. The zero-order valence-electron chi connectivity index (χ0n) is 13.5. The summed E-state index contributed by atoms with van der Waals surface area (Å²) in [6.07, 6.45) is 7.73. The number of carbonyl (C=O) groups is 2. The molecular weight excluding hydrogens is 280 g/mol. The Bertz CT molecular complexity index is 551. The van der Waals surface area contributed by atoms with Crippen LogP contribution in [0.4, 0.5) is 0 Å². The summed E-state index contributed by atoms with van der Waals surface area (Å²) in [5.74, 6) is -0.490. The maximum Gasteiger partial charge on any atom is 0.307 e. The van der Waals surface area contributed by atoms with Crippen molar-refractivity contribution < 1.29 is 19.4 Å². The Morgan fingerprint density at radius 3 is 2.82 bits per heavy atom. The molecule has 1 heterocycles. The number of hydrogen-bond donors (Lipinski definition) is 1. The number of allylic oxidation sites excluding steroid dienone is 4. The van der Waals surface area contributed by atoms with Crippen LogP contribution in [0.2, 0.25) is 0 Å². The van der Waals surface area contributed by atoms with Gasteiger partial charge in [-0.25, -0.2) is 0 Å². The highest BCUT2D eigenvalue weighted by Crippen LogP contribution is 2.44. The lowest BCUT2D eigenvalue weighted by Crippen LogP contribution is -2.42. The first-order valence-corrected chi connectivity index (χ1v) is 7.74. The van der Waals surface area contributed by atoms with Gasteiger partial charge in [0, 0.05) is 0 Å². The second kappa shape index (κ2) is 6.61. The van der Waals surface area contributed by atoms with Gasteiger partial charge in [-0.3, -0.25) is 9.59 Å². The fourth-order valence-electron chi connectivity index (χ4n) is 3.10. The third kappa shape index (κ3) is 3.55. The van der Waals surface area contributed by atoms with Gasteiger partial charge < -0.3 is 9.84 Å². The third-order valence-corrected chi connectivity index (χ3v) is 4.32. The highest BCUT2D eigenvalue weighted by atomic mass is 16.6. The van der Waals surface area contributed by atoms with Gasteiger partial charge in [0.2, 0.25) is 0 Å². The summed E-state index contributed by atoms with van der Waals surface area (Å²) in [5, 5.41) is 9.86. The molecule has 1 N–H and O–H groups in total. The number of cyclic esters (lactones) is 1. The molecule has 2 rings (SSSR count). The second-order valence-electron chi connectivity index (χ2n) is 6.57. The van der Waals surface area contributed by atoms with E-state index in [0.717, 1.165) is 18.4 Å². The molecule has 0 aromatic carbocycles. The molecule has 0 bridgehead atoms. The van der Waals surface area contributed by atoms with Crippen LogP contribution in [0.3, 0.4) is 0 Å². The predicted molar refractivity (Wildman–Crippen MR) is 84.1 cm³/mol. The van der Waals surface area contributed by atoms with E-state index < -0.39 is 17.6 Å². The van der Waals surface area contributed by atoms with Gasteiger partial charge in [0.05, 0.1) is 17.9 Å². The van der Waals surface area contributed by atoms with Gasteiger partial charge in [0.25, 0.3) is 0 Å². The van der Waals surface area contributed by atoms with E-state index in [4.69, 9.17) is 4.74 Å². The van der Waals surface area contributed by atoms with E-state index in [2.05, 4.69) is 19.9 Å². The minimum atomic E-state index is -0.928. The van der Waals surface area contributed by atoms with Crippen molar-refractivity contribution in [1.82, 2.24) is 0 Å². The Balaban J connectivity index is 2.17. The van der Waals surface area contributed by atoms with Crippen molar-refractivity contribution in [2.24, 2.45) is 5.41 Å². The number of aliphatic hydroxyl groups is 1. The molecule has 4 heteroatoms. The van der Waals surface area contributed by atoms with E-state index in [1.165, 1.54) is 17.7 Å². The van der Waals surface area contributed by atoms with Gasteiger partial charge in [0.15, 0.2) is 5.78 Å². The molecule has 0 radical (unpaired) electrons. The predicted octanol–water partition coefficient (Wildman–Crippen LogP) is 2.87. The highest BCUT2D eigenvalue weighted by Gasteiger charge is 2.54. The summed E-state index contributed by atoms with van der Waals surface area (Å²) < 4.78 is 5.37. The van der Waals surface area contributed by atoms with E-state index in [1.54, 1.807) is 0 Å². The Labute approximate surface area is 131 Å². The molecule has 0 aromatic heterocycles. The normalized spacial score (nSPS) is 31.5. The Hall–Kier alpha value is -1.68. The summed E-state index contributed by atoms with van der Waals surface area (Å²) in [5.41, 5.74) is 1.43. The molecule has 1 unspecified atom stereocenters. The fraction of sp³-hybridized carbons (Fsp3) is 0.556. The van der Waals surface area contributed by atoms with E-state index in [0.29, 0.717) is 0 Å². The van der Waals surface area contributed by atoms with Crippen molar-refractivity contribution in [3.63, 3.8) is 0 Å². The van der Waals surface area contributed by atoms with E-state index in [-0.39, 0.29) is 24.6 Å². The van der Waals surface area contributed by atoms with E-state index in [9.17, 15) is 14.7 Å². The van der Waals surface area contributed by atoms with Gasteiger partial charge >= 0.3 is 5.97 Å². The molecule has 1 aliphatic carbocycles. The number of ketones is 1. The van der Waals surface area contributed by atoms with Crippen molar-refractivity contribution in [3.05, 3.63) is 35.5 Å². The Morgan fingerprint density at radius 2 is 2.14 bits per heavy atom. The van der Waals surface area contributed by atoms with Gasteiger partial charge in [-0.05, 0) is 52.2 Å². The van der Waals surface area contributed by atoms with Crippen LogP contribution < -0.4 is 0 Å². The molecule has 1 aliphatic heterocycles. The molecule has 0 saturated carbocycles. The molecule has 3 atom stereocenters. The first-order chi connectivity index (χ1) is 10.3. The maximum absolute atomic E-state index is 12.3. The van der Waals surface area contributed by atoms with E-state index in [1.807, 2.05) is 13.0 Å². The summed E-state index contributed by atoms with van der Waals surface area (Å²) in [6.45, 7) is 6.10. The second-order valence-corrected chi connectivity index (χ2v) is 6.57. The van der Waals surface area contributed by atoms with Crippen LogP contribution in [0.1, 0.15) is 46.5 Å². The zero-order valence-corrected chi connectivity index (χ0v) is 13.5. The number of ether oxygens (including phenoxy) is 1. The summed E-state index contributed by atoms with van der Waals surface area (Å²) in [4.78, 5) is 24.1. The minimum Gasteiger partial charge on any atom is -0.457 e. The molecule has 1 saturated heterocycles. The molecule has 2 aliphatic rings. The first-order valence-electron chi connectivity index (χ1n) is 7.74. The Morgan fingerprint density at radius 1 is 1.41 bits per heavy atom. The third-order valence-electron chi connectivity index (χ3n) is 4.32. The number of rotatable bonds is 4. The van der Waals surface area contributed by atoms with Gasteiger partial charge in [-0.2, -0.15) is 0 Å². The quantitative estimate of drug-likeness (QED) is 0.641. The Kier molecular flexibility index (Phi) is 5.01. The van der Waals surface area contributed by atoms with Crippen LogP contribution in [-0.4, -0.2) is 29.1 Å². The average Bonchev–Trinajstić information content (AvgIpc) is 2.70. The zero-order chi connectivity index (χ0) is 16.3. The van der Waals surface area contributed by atoms with Crippen LogP contribution >= 0.6 is 0 Å². The minimum absolute atomic E-state index is 0.0512. The lowest BCUT2D eigenvalue weighted by Gasteiger charge is -2.32. The number of carbonyl (C=O) groups excluding carboxylic acids is 2. The molecule has 4 nitrogen and oxygen atoms in total. The molecule has 120 valence electrons. The molecular formula is C18H24O4. The van der Waals surface area contributed by atoms with Crippen LogP contribution in [-0.2, 0) is 14.3 Å². The van der Waals surface area contributed by atoms with Crippen LogP contribution in [0.15, 0.2) is 35.5 Å². The smallest absolute Gasteiger partial charge is 0.307 e. The van der Waals surface area contributed by atoms with Crippen LogP contribution in [0.25, 0.3) is 0 Å². The average molecular weight is 304 g/mol.